The van der Waals surface area contributed by atoms with Gasteiger partial charge in [0.05, 0.1) is 0 Å². The first-order chi connectivity index (χ1) is 6.74. The van der Waals surface area contributed by atoms with Crippen molar-refractivity contribution in [3.8, 4) is 0 Å². The molecule has 0 spiro atoms. The number of benzene rings is 1. The standard InChI is InChI=1S/C11H16O.C2H6/c1-9-5-6-10(2)11(8-9)4-3-7-12;1-2/h5-6,8,12H,3-4,7H2,1-2H3;1-2H3. The predicted octanol–water partition coefficient (Wildman–Crippen LogP) is 3.25. The van der Waals surface area contributed by atoms with Gasteiger partial charge < -0.3 is 5.11 Å². The normalized spacial score (nSPS) is 9.21. The molecule has 0 aromatic heterocycles. The zero-order chi connectivity index (χ0) is 11.0. The van der Waals surface area contributed by atoms with Crippen LogP contribution in [0.15, 0.2) is 18.2 Å². The van der Waals surface area contributed by atoms with Crippen molar-refractivity contribution in [2.45, 2.75) is 40.5 Å². The Hall–Kier alpha value is -0.820. The summed E-state index contributed by atoms with van der Waals surface area (Å²) in [6, 6.07) is 6.46. The van der Waals surface area contributed by atoms with Crippen molar-refractivity contribution >= 4 is 0 Å². The molecule has 0 atom stereocenters. The number of hydrogen-bond acceptors (Lipinski definition) is 1. The van der Waals surface area contributed by atoms with Crippen LogP contribution in [0.5, 0.6) is 0 Å². The fourth-order valence-electron chi connectivity index (χ4n) is 1.34. The van der Waals surface area contributed by atoms with Crippen molar-refractivity contribution in [1.29, 1.82) is 0 Å². The third-order valence-electron chi connectivity index (χ3n) is 2.11. The molecule has 1 nitrogen and oxygen atoms in total. The van der Waals surface area contributed by atoms with Gasteiger partial charge in [0, 0.05) is 6.61 Å². The van der Waals surface area contributed by atoms with E-state index in [0.717, 1.165) is 12.8 Å². The monoisotopic (exact) mass is 194 g/mol. The fourth-order valence-corrected chi connectivity index (χ4v) is 1.34. The number of rotatable bonds is 3. The van der Waals surface area contributed by atoms with E-state index in [4.69, 9.17) is 5.11 Å². The molecule has 0 fully saturated rings. The summed E-state index contributed by atoms with van der Waals surface area (Å²) in [6.07, 6.45) is 1.86. The molecule has 1 rings (SSSR count). The van der Waals surface area contributed by atoms with Gasteiger partial charge in [0.1, 0.15) is 0 Å². The van der Waals surface area contributed by atoms with Gasteiger partial charge in [0.2, 0.25) is 0 Å². The minimum absolute atomic E-state index is 0.285. The lowest BCUT2D eigenvalue weighted by Crippen LogP contribution is -1.93. The van der Waals surface area contributed by atoms with Crippen LogP contribution < -0.4 is 0 Å². The second kappa shape index (κ2) is 7.57. The van der Waals surface area contributed by atoms with Crippen LogP contribution in [-0.4, -0.2) is 11.7 Å². The Bertz CT molecular complexity index is 253. The average Bonchev–Trinajstić information content (AvgIpc) is 2.22. The number of aliphatic hydroxyl groups excluding tert-OH is 1. The first kappa shape index (κ1) is 13.2. The molecule has 0 saturated carbocycles. The third-order valence-corrected chi connectivity index (χ3v) is 2.11. The van der Waals surface area contributed by atoms with Gasteiger partial charge in [-0.2, -0.15) is 0 Å². The maximum atomic E-state index is 8.69. The van der Waals surface area contributed by atoms with E-state index in [1.165, 1.54) is 16.7 Å². The summed E-state index contributed by atoms with van der Waals surface area (Å²) in [7, 11) is 0. The minimum atomic E-state index is 0.285. The van der Waals surface area contributed by atoms with E-state index in [0.29, 0.717) is 0 Å². The first-order valence-electron chi connectivity index (χ1n) is 5.41. The van der Waals surface area contributed by atoms with Gasteiger partial charge in [-0.3, -0.25) is 0 Å². The van der Waals surface area contributed by atoms with Crippen molar-refractivity contribution in [3.63, 3.8) is 0 Å². The minimum Gasteiger partial charge on any atom is -0.396 e. The number of aliphatic hydroxyl groups is 1. The summed E-state index contributed by atoms with van der Waals surface area (Å²) in [5.74, 6) is 0. The highest BCUT2D eigenvalue weighted by molar-refractivity contribution is 5.30. The smallest absolute Gasteiger partial charge is 0.0434 e. The first-order valence-corrected chi connectivity index (χ1v) is 5.41. The van der Waals surface area contributed by atoms with Crippen molar-refractivity contribution in [3.05, 3.63) is 34.9 Å². The zero-order valence-electron chi connectivity index (χ0n) is 9.80. The molecule has 0 bridgehead atoms. The summed E-state index contributed by atoms with van der Waals surface area (Å²) >= 11 is 0. The molecule has 0 aliphatic heterocycles. The Labute approximate surface area is 87.8 Å². The Morgan fingerprint density at radius 2 is 1.79 bits per heavy atom. The highest BCUT2D eigenvalue weighted by atomic mass is 16.2. The predicted molar refractivity (Wildman–Crippen MR) is 62.7 cm³/mol. The SMILES string of the molecule is CC.Cc1ccc(C)c(CCCO)c1. The maximum absolute atomic E-state index is 8.69. The molecule has 0 aliphatic carbocycles. The molecular weight excluding hydrogens is 172 g/mol. The Balaban J connectivity index is 0.000000791. The lowest BCUT2D eigenvalue weighted by Gasteiger charge is -2.05. The van der Waals surface area contributed by atoms with Crippen molar-refractivity contribution < 1.29 is 5.11 Å². The third kappa shape index (κ3) is 4.43. The molecule has 0 unspecified atom stereocenters. The van der Waals surface area contributed by atoms with Gasteiger partial charge in [0.25, 0.3) is 0 Å². The molecule has 0 amide bonds. The van der Waals surface area contributed by atoms with Gasteiger partial charge in [-0.15, -0.1) is 0 Å². The van der Waals surface area contributed by atoms with Gasteiger partial charge >= 0.3 is 0 Å². The van der Waals surface area contributed by atoms with E-state index in [9.17, 15) is 0 Å². The maximum Gasteiger partial charge on any atom is 0.0434 e. The Kier molecular flexibility index (Phi) is 7.13. The lowest BCUT2D eigenvalue weighted by molar-refractivity contribution is 0.288. The highest BCUT2D eigenvalue weighted by Gasteiger charge is 1.97. The molecule has 0 saturated heterocycles. The molecular formula is C13H22O. The topological polar surface area (TPSA) is 20.2 Å². The molecule has 0 radical (unpaired) electrons. The quantitative estimate of drug-likeness (QED) is 0.783. The Morgan fingerprint density at radius 1 is 1.14 bits per heavy atom. The Morgan fingerprint density at radius 3 is 2.36 bits per heavy atom. The van der Waals surface area contributed by atoms with Crippen LogP contribution in [0.2, 0.25) is 0 Å². The van der Waals surface area contributed by atoms with E-state index in [1.807, 2.05) is 13.8 Å². The van der Waals surface area contributed by atoms with Gasteiger partial charge in [-0.25, -0.2) is 0 Å². The summed E-state index contributed by atoms with van der Waals surface area (Å²) < 4.78 is 0. The van der Waals surface area contributed by atoms with Crippen LogP contribution in [-0.2, 0) is 6.42 Å². The molecule has 14 heavy (non-hydrogen) atoms. The largest absolute Gasteiger partial charge is 0.396 e. The van der Waals surface area contributed by atoms with Crippen LogP contribution in [0.1, 0.15) is 37.0 Å². The number of aryl methyl sites for hydroxylation is 3. The molecule has 0 heterocycles. The summed E-state index contributed by atoms with van der Waals surface area (Å²) in [5, 5.41) is 8.69. The fraction of sp³-hybridized carbons (Fsp3) is 0.538. The van der Waals surface area contributed by atoms with E-state index < -0.39 is 0 Å². The summed E-state index contributed by atoms with van der Waals surface area (Å²) in [5.41, 5.74) is 3.99. The summed E-state index contributed by atoms with van der Waals surface area (Å²) in [6.45, 7) is 8.50. The van der Waals surface area contributed by atoms with Crippen molar-refractivity contribution in [2.24, 2.45) is 0 Å². The molecule has 1 aromatic carbocycles. The van der Waals surface area contributed by atoms with Crippen molar-refractivity contribution in [1.82, 2.24) is 0 Å². The van der Waals surface area contributed by atoms with Crippen LogP contribution in [0.25, 0.3) is 0 Å². The van der Waals surface area contributed by atoms with Crippen LogP contribution in [0.3, 0.4) is 0 Å². The van der Waals surface area contributed by atoms with E-state index in [2.05, 4.69) is 32.0 Å². The summed E-state index contributed by atoms with van der Waals surface area (Å²) in [4.78, 5) is 0. The van der Waals surface area contributed by atoms with Crippen LogP contribution >= 0.6 is 0 Å². The lowest BCUT2D eigenvalue weighted by atomic mass is 10.0. The van der Waals surface area contributed by atoms with E-state index in [-0.39, 0.29) is 6.61 Å². The average molecular weight is 194 g/mol. The highest BCUT2D eigenvalue weighted by Crippen LogP contribution is 2.12. The molecule has 1 N–H and O–H groups in total. The zero-order valence-corrected chi connectivity index (χ0v) is 9.80. The molecule has 1 aromatic rings. The van der Waals surface area contributed by atoms with Gasteiger partial charge in [-0.1, -0.05) is 37.6 Å². The van der Waals surface area contributed by atoms with Gasteiger partial charge in [0.15, 0.2) is 0 Å². The molecule has 80 valence electrons. The van der Waals surface area contributed by atoms with Gasteiger partial charge in [-0.05, 0) is 37.8 Å². The van der Waals surface area contributed by atoms with E-state index in [1.54, 1.807) is 0 Å². The van der Waals surface area contributed by atoms with Crippen LogP contribution in [0, 0.1) is 13.8 Å². The molecule has 0 aliphatic rings. The van der Waals surface area contributed by atoms with E-state index >= 15 is 0 Å². The number of hydrogen-bond donors (Lipinski definition) is 1. The van der Waals surface area contributed by atoms with Crippen LogP contribution in [0.4, 0.5) is 0 Å². The van der Waals surface area contributed by atoms with Crippen molar-refractivity contribution in [2.75, 3.05) is 6.61 Å². The second-order valence-electron chi connectivity index (χ2n) is 3.26. The molecule has 1 heteroatoms. The second-order valence-corrected chi connectivity index (χ2v) is 3.26.